The fourth-order valence-electron chi connectivity index (χ4n) is 1.96. The number of hydrogen-bond acceptors (Lipinski definition) is 0. The largest absolute Gasteiger partial charge is 0.0876 e. The van der Waals surface area contributed by atoms with Crippen LogP contribution in [0, 0.1) is 0 Å². The Morgan fingerprint density at radius 3 is 2.00 bits per heavy atom. The zero-order chi connectivity index (χ0) is 13.0. The van der Waals surface area contributed by atoms with Crippen molar-refractivity contribution in [3.8, 4) is 0 Å². The van der Waals surface area contributed by atoms with Crippen LogP contribution in [0.4, 0.5) is 0 Å². The maximum atomic E-state index is 3.56. The fraction of sp³-hybridized carbons (Fsp3) is 0.200. The van der Waals surface area contributed by atoms with Crippen LogP contribution in [0.5, 0.6) is 0 Å². The molecule has 0 spiro atoms. The summed E-state index contributed by atoms with van der Waals surface area (Å²) in [7, 11) is 0. The smallest absolute Gasteiger partial charge is 0.0286 e. The molecule has 0 radical (unpaired) electrons. The van der Waals surface area contributed by atoms with Gasteiger partial charge in [0.1, 0.15) is 0 Å². The van der Waals surface area contributed by atoms with E-state index in [0.717, 1.165) is 21.6 Å². The van der Waals surface area contributed by atoms with Crippen LogP contribution < -0.4 is 0 Å². The van der Waals surface area contributed by atoms with Gasteiger partial charge in [-0.3, -0.25) is 0 Å². The van der Waals surface area contributed by atoms with E-state index in [2.05, 4.69) is 90.3 Å². The monoisotopic (exact) mass is 430 g/mol. The minimum Gasteiger partial charge on any atom is -0.0876 e. The lowest BCUT2D eigenvalue weighted by molar-refractivity contribution is 1.12. The zero-order valence-electron chi connectivity index (χ0n) is 9.80. The normalized spacial score (nSPS) is 10.6. The molecule has 0 aromatic heterocycles. The Morgan fingerprint density at radius 1 is 0.722 bits per heavy atom. The van der Waals surface area contributed by atoms with Crippen molar-refractivity contribution >= 4 is 47.8 Å². The van der Waals surface area contributed by atoms with E-state index >= 15 is 0 Å². The van der Waals surface area contributed by atoms with Crippen molar-refractivity contribution in [2.45, 2.75) is 17.1 Å². The average molecular weight is 433 g/mol. The Labute approximate surface area is 133 Å². The summed E-state index contributed by atoms with van der Waals surface area (Å²) in [5, 5.41) is 1.79. The van der Waals surface area contributed by atoms with Gasteiger partial charge in [0, 0.05) is 15.1 Å². The summed E-state index contributed by atoms with van der Waals surface area (Å²) in [6.45, 7) is 0. The third-order valence-electron chi connectivity index (χ3n) is 2.96. The summed E-state index contributed by atoms with van der Waals surface area (Å²) < 4.78 is 1.13. The van der Waals surface area contributed by atoms with E-state index in [9.17, 15) is 0 Å². The molecule has 0 saturated carbocycles. The van der Waals surface area contributed by atoms with Crippen LogP contribution in [0.2, 0.25) is 0 Å². The summed E-state index contributed by atoms with van der Waals surface area (Å²) in [5.41, 5.74) is 5.47. The lowest BCUT2D eigenvalue weighted by Crippen LogP contribution is -1.97. The first kappa shape index (κ1) is 14.3. The molecule has 2 aromatic rings. The summed E-state index contributed by atoms with van der Waals surface area (Å²) in [4.78, 5) is 0. The average Bonchev–Trinajstić information content (AvgIpc) is 2.41. The van der Waals surface area contributed by atoms with Crippen LogP contribution in [-0.4, -0.2) is 0 Å². The minimum atomic E-state index is 0.887. The van der Waals surface area contributed by atoms with E-state index in [0.29, 0.717) is 0 Å². The summed E-state index contributed by atoms with van der Waals surface area (Å²) in [6, 6.07) is 15.1. The fourth-order valence-corrected chi connectivity index (χ4v) is 3.43. The predicted molar refractivity (Wildman–Crippen MR) is 88.7 cm³/mol. The van der Waals surface area contributed by atoms with Crippen LogP contribution >= 0.6 is 47.8 Å². The molecule has 0 bridgehead atoms. The predicted octanol–water partition coefficient (Wildman–Crippen LogP) is 5.83. The summed E-state index contributed by atoms with van der Waals surface area (Å²) in [5.74, 6) is 0. The Hall–Kier alpha value is -0.120. The van der Waals surface area contributed by atoms with Crippen LogP contribution in [0.1, 0.15) is 22.3 Å². The first-order valence-electron chi connectivity index (χ1n) is 5.70. The third-order valence-corrected chi connectivity index (χ3v) is 4.66. The van der Waals surface area contributed by atoms with Gasteiger partial charge < -0.3 is 0 Å². The Balaban J connectivity index is 2.33. The highest BCUT2D eigenvalue weighted by atomic mass is 79.9. The number of alkyl halides is 2. The Kier molecular flexibility index (Phi) is 5.46. The lowest BCUT2D eigenvalue weighted by Gasteiger charge is -2.11. The molecule has 2 rings (SSSR count). The molecule has 0 aliphatic heterocycles. The zero-order valence-corrected chi connectivity index (χ0v) is 14.6. The van der Waals surface area contributed by atoms with Gasteiger partial charge in [0.2, 0.25) is 0 Å². The molecule has 0 heterocycles. The molecule has 0 nitrogen and oxygen atoms in total. The lowest BCUT2D eigenvalue weighted by atomic mass is 9.98. The molecule has 2 aromatic carbocycles. The summed E-state index contributed by atoms with van der Waals surface area (Å²) >= 11 is 10.6. The van der Waals surface area contributed by atoms with Crippen LogP contribution in [0.25, 0.3) is 0 Å². The molecule has 0 N–H and O–H groups in total. The van der Waals surface area contributed by atoms with Crippen molar-refractivity contribution in [3.63, 3.8) is 0 Å². The number of benzene rings is 2. The standard InChI is InChI=1S/C15H13Br3/c16-9-13-4-2-1-3-11(13)7-12-5-6-15(18)8-14(12)10-17/h1-6,8H,7,9-10H2. The highest BCUT2D eigenvalue weighted by molar-refractivity contribution is 9.10. The van der Waals surface area contributed by atoms with Crippen molar-refractivity contribution in [2.75, 3.05) is 0 Å². The number of rotatable bonds is 4. The van der Waals surface area contributed by atoms with E-state index in [1.807, 2.05) is 0 Å². The molecule has 0 aliphatic rings. The molecule has 0 atom stereocenters. The van der Waals surface area contributed by atoms with Gasteiger partial charge >= 0.3 is 0 Å². The Morgan fingerprint density at radius 2 is 1.33 bits per heavy atom. The molecular formula is C15H13Br3. The van der Waals surface area contributed by atoms with Gasteiger partial charge in [0.05, 0.1) is 0 Å². The van der Waals surface area contributed by atoms with Gasteiger partial charge in [-0.2, -0.15) is 0 Å². The van der Waals surface area contributed by atoms with Crippen molar-refractivity contribution < 1.29 is 0 Å². The molecule has 0 amide bonds. The molecule has 0 saturated heterocycles. The van der Waals surface area contributed by atoms with Gasteiger partial charge in [-0.1, -0.05) is 78.1 Å². The van der Waals surface area contributed by atoms with Crippen LogP contribution in [0.3, 0.4) is 0 Å². The van der Waals surface area contributed by atoms with Crippen LogP contribution in [0.15, 0.2) is 46.9 Å². The minimum absolute atomic E-state index is 0.887. The van der Waals surface area contributed by atoms with E-state index in [1.54, 1.807) is 0 Å². The number of halogens is 3. The quantitative estimate of drug-likeness (QED) is 0.533. The van der Waals surface area contributed by atoms with E-state index < -0.39 is 0 Å². The molecule has 0 unspecified atom stereocenters. The highest BCUT2D eigenvalue weighted by Crippen LogP contribution is 2.23. The Bertz CT molecular complexity index is 535. The van der Waals surface area contributed by atoms with E-state index in [4.69, 9.17) is 0 Å². The molecule has 0 aliphatic carbocycles. The first-order chi connectivity index (χ1) is 8.74. The molecule has 0 fully saturated rings. The first-order valence-corrected chi connectivity index (χ1v) is 8.74. The maximum absolute atomic E-state index is 3.56. The highest BCUT2D eigenvalue weighted by Gasteiger charge is 2.06. The van der Waals surface area contributed by atoms with Crippen molar-refractivity contribution in [2.24, 2.45) is 0 Å². The molecule has 3 heteroatoms. The van der Waals surface area contributed by atoms with E-state index in [-0.39, 0.29) is 0 Å². The second-order valence-electron chi connectivity index (χ2n) is 4.13. The third kappa shape index (κ3) is 3.46. The van der Waals surface area contributed by atoms with Gasteiger partial charge in [-0.05, 0) is 40.8 Å². The number of hydrogen-bond donors (Lipinski definition) is 0. The second-order valence-corrected chi connectivity index (χ2v) is 6.16. The molecular weight excluding hydrogens is 420 g/mol. The van der Waals surface area contributed by atoms with Crippen LogP contribution in [-0.2, 0) is 17.1 Å². The van der Waals surface area contributed by atoms with Gasteiger partial charge in [0.25, 0.3) is 0 Å². The van der Waals surface area contributed by atoms with E-state index in [1.165, 1.54) is 22.3 Å². The molecule has 94 valence electrons. The van der Waals surface area contributed by atoms with Crippen molar-refractivity contribution in [1.82, 2.24) is 0 Å². The van der Waals surface area contributed by atoms with Crippen molar-refractivity contribution in [3.05, 3.63) is 69.2 Å². The van der Waals surface area contributed by atoms with Gasteiger partial charge in [-0.15, -0.1) is 0 Å². The summed E-state index contributed by atoms with van der Waals surface area (Å²) in [6.07, 6.45) is 0.982. The van der Waals surface area contributed by atoms with Gasteiger partial charge in [-0.25, -0.2) is 0 Å². The second kappa shape index (κ2) is 6.88. The maximum Gasteiger partial charge on any atom is 0.0286 e. The van der Waals surface area contributed by atoms with Gasteiger partial charge in [0.15, 0.2) is 0 Å². The van der Waals surface area contributed by atoms with Crippen molar-refractivity contribution in [1.29, 1.82) is 0 Å². The SMILES string of the molecule is BrCc1ccccc1Cc1ccc(Br)cc1CBr. The topological polar surface area (TPSA) is 0 Å². The molecule has 18 heavy (non-hydrogen) atoms.